The van der Waals surface area contributed by atoms with E-state index in [1.54, 1.807) is 36.4 Å². The van der Waals surface area contributed by atoms with Gasteiger partial charge in [0.05, 0.1) is 10.6 Å². The molecule has 0 bridgehead atoms. The van der Waals surface area contributed by atoms with Crippen LogP contribution in [0.2, 0.25) is 5.02 Å². The molecule has 0 aliphatic rings. The summed E-state index contributed by atoms with van der Waals surface area (Å²) in [6, 6.07) is 26.4. The van der Waals surface area contributed by atoms with Gasteiger partial charge in [-0.05, 0) is 54.4 Å². The number of para-hydroxylation sites is 1. The number of rotatable bonds is 11. The molecule has 1 atom stereocenters. The van der Waals surface area contributed by atoms with Crippen molar-refractivity contribution in [2.24, 2.45) is 0 Å². The van der Waals surface area contributed by atoms with Gasteiger partial charge in [0.1, 0.15) is 18.4 Å². The van der Waals surface area contributed by atoms with Crippen molar-refractivity contribution in [3.8, 4) is 0 Å². The van der Waals surface area contributed by atoms with Crippen LogP contribution in [0.15, 0.2) is 108 Å². The highest BCUT2D eigenvalue weighted by molar-refractivity contribution is 7.92. The predicted molar refractivity (Wildman–Crippen MR) is 162 cm³/mol. The Morgan fingerprint density at radius 2 is 1.52 bits per heavy atom. The number of carbonyl (C=O) groups is 2. The van der Waals surface area contributed by atoms with Crippen molar-refractivity contribution in [3.05, 3.63) is 131 Å². The van der Waals surface area contributed by atoms with Crippen molar-refractivity contribution < 1.29 is 22.4 Å². The van der Waals surface area contributed by atoms with Crippen molar-refractivity contribution >= 4 is 39.1 Å². The molecule has 0 saturated heterocycles. The fourth-order valence-corrected chi connectivity index (χ4v) is 6.19. The van der Waals surface area contributed by atoms with Gasteiger partial charge in [0.15, 0.2) is 0 Å². The summed E-state index contributed by atoms with van der Waals surface area (Å²) in [5.41, 5.74) is 1.99. The van der Waals surface area contributed by atoms with E-state index < -0.39 is 40.2 Å². The third kappa shape index (κ3) is 7.35. The highest BCUT2D eigenvalue weighted by atomic mass is 35.5. The van der Waals surface area contributed by atoms with E-state index in [1.165, 1.54) is 42.3 Å². The standard InChI is InChI=1S/C32H31ClFN3O4S/c1-23-15-17-27(18-16-23)42(40,41)37(29-14-7-6-13-28(29)34)22-31(38)36(21-25-11-8-12-26(33)19-25)30(32(39)35-2)20-24-9-4-3-5-10-24/h3-19,30H,20-22H2,1-2H3,(H,35,39). The Kier molecular flexibility index (Phi) is 9.98. The van der Waals surface area contributed by atoms with Crippen LogP contribution < -0.4 is 9.62 Å². The first-order valence-corrected chi connectivity index (χ1v) is 15.1. The van der Waals surface area contributed by atoms with E-state index >= 15 is 4.39 Å². The molecule has 0 radical (unpaired) electrons. The number of amides is 2. The van der Waals surface area contributed by atoms with Crippen molar-refractivity contribution in [3.63, 3.8) is 0 Å². The van der Waals surface area contributed by atoms with Crippen LogP contribution in [0.25, 0.3) is 0 Å². The molecule has 1 unspecified atom stereocenters. The summed E-state index contributed by atoms with van der Waals surface area (Å²) >= 11 is 6.22. The first-order chi connectivity index (χ1) is 20.1. The molecule has 10 heteroatoms. The largest absolute Gasteiger partial charge is 0.357 e. The third-order valence-electron chi connectivity index (χ3n) is 6.77. The van der Waals surface area contributed by atoms with Crippen LogP contribution in [0.1, 0.15) is 16.7 Å². The number of anilines is 1. The van der Waals surface area contributed by atoms with Crippen molar-refractivity contribution in [1.29, 1.82) is 0 Å². The average molecular weight is 608 g/mol. The second-order valence-corrected chi connectivity index (χ2v) is 12.0. The molecule has 0 fully saturated rings. The monoisotopic (exact) mass is 607 g/mol. The smallest absolute Gasteiger partial charge is 0.264 e. The number of hydrogen-bond acceptors (Lipinski definition) is 4. The molecule has 0 saturated carbocycles. The maximum Gasteiger partial charge on any atom is 0.264 e. The van der Waals surface area contributed by atoms with Crippen LogP contribution in [-0.2, 0) is 32.6 Å². The number of carbonyl (C=O) groups excluding carboxylic acids is 2. The van der Waals surface area contributed by atoms with E-state index in [4.69, 9.17) is 11.6 Å². The zero-order valence-corrected chi connectivity index (χ0v) is 24.8. The van der Waals surface area contributed by atoms with Gasteiger partial charge in [-0.2, -0.15) is 0 Å². The van der Waals surface area contributed by atoms with Crippen molar-refractivity contribution in [2.45, 2.75) is 30.8 Å². The number of aryl methyl sites for hydroxylation is 1. The van der Waals surface area contributed by atoms with E-state index in [-0.39, 0.29) is 23.5 Å². The molecule has 4 aromatic carbocycles. The Balaban J connectivity index is 1.80. The zero-order valence-electron chi connectivity index (χ0n) is 23.2. The normalized spacial score (nSPS) is 11.9. The first-order valence-electron chi connectivity index (χ1n) is 13.2. The number of hydrogen-bond donors (Lipinski definition) is 1. The molecular weight excluding hydrogens is 577 g/mol. The first kappa shape index (κ1) is 30.7. The van der Waals surface area contributed by atoms with Crippen LogP contribution in [0.3, 0.4) is 0 Å². The number of benzene rings is 4. The number of halogens is 2. The molecule has 0 aliphatic heterocycles. The molecule has 0 heterocycles. The summed E-state index contributed by atoms with van der Waals surface area (Å²) in [5, 5.41) is 3.06. The van der Waals surface area contributed by atoms with E-state index in [1.807, 2.05) is 37.3 Å². The molecule has 4 rings (SSSR count). The van der Waals surface area contributed by atoms with Crippen LogP contribution in [0, 0.1) is 12.7 Å². The van der Waals surface area contributed by atoms with Crippen molar-refractivity contribution in [2.75, 3.05) is 17.9 Å². The summed E-state index contributed by atoms with van der Waals surface area (Å²) in [6.45, 7) is 1.02. The Labute approximate surface area is 250 Å². The predicted octanol–water partition coefficient (Wildman–Crippen LogP) is 5.37. The topological polar surface area (TPSA) is 86.8 Å². The summed E-state index contributed by atoms with van der Waals surface area (Å²) in [6.07, 6.45) is 0.164. The fraction of sp³-hybridized carbons (Fsp3) is 0.188. The maximum absolute atomic E-state index is 15.1. The summed E-state index contributed by atoms with van der Waals surface area (Å²) in [7, 11) is -2.92. The quantitative estimate of drug-likeness (QED) is 0.248. The number of sulfonamides is 1. The number of likely N-dealkylation sites (N-methyl/N-ethyl adjacent to an activating group) is 1. The Hall–Kier alpha value is -4.21. The Morgan fingerprint density at radius 1 is 0.881 bits per heavy atom. The van der Waals surface area contributed by atoms with Gasteiger partial charge >= 0.3 is 0 Å². The summed E-state index contributed by atoms with van der Waals surface area (Å²) in [4.78, 5) is 28.7. The minimum atomic E-state index is -4.39. The van der Waals surface area contributed by atoms with E-state index in [0.717, 1.165) is 21.5 Å². The lowest BCUT2D eigenvalue weighted by atomic mass is 10.0. The molecule has 218 valence electrons. The van der Waals surface area contributed by atoms with E-state index in [0.29, 0.717) is 10.6 Å². The molecule has 42 heavy (non-hydrogen) atoms. The lowest BCUT2D eigenvalue weighted by Gasteiger charge is -2.33. The number of nitrogens with one attached hydrogen (secondary N) is 1. The van der Waals surface area contributed by atoms with Gasteiger partial charge in [0.25, 0.3) is 10.0 Å². The second kappa shape index (κ2) is 13.6. The lowest BCUT2D eigenvalue weighted by molar-refractivity contribution is -0.139. The van der Waals surface area contributed by atoms with Gasteiger partial charge in [-0.3, -0.25) is 13.9 Å². The van der Waals surface area contributed by atoms with Gasteiger partial charge in [-0.1, -0.05) is 83.9 Å². The van der Waals surface area contributed by atoms with E-state index in [9.17, 15) is 18.0 Å². The van der Waals surface area contributed by atoms with Gasteiger partial charge in [0, 0.05) is 25.0 Å². The Morgan fingerprint density at radius 3 is 2.17 bits per heavy atom. The molecule has 0 spiro atoms. The minimum Gasteiger partial charge on any atom is -0.357 e. The van der Waals surface area contributed by atoms with Gasteiger partial charge < -0.3 is 10.2 Å². The van der Waals surface area contributed by atoms with Crippen molar-refractivity contribution in [1.82, 2.24) is 10.2 Å². The van der Waals surface area contributed by atoms with E-state index in [2.05, 4.69) is 5.32 Å². The summed E-state index contributed by atoms with van der Waals surface area (Å²) in [5.74, 6) is -1.94. The summed E-state index contributed by atoms with van der Waals surface area (Å²) < 4.78 is 43.7. The molecule has 7 nitrogen and oxygen atoms in total. The van der Waals surface area contributed by atoms with Gasteiger partial charge in [-0.25, -0.2) is 12.8 Å². The lowest BCUT2D eigenvalue weighted by Crippen LogP contribution is -2.53. The van der Waals surface area contributed by atoms with Gasteiger partial charge in [-0.15, -0.1) is 0 Å². The highest BCUT2D eigenvalue weighted by Crippen LogP contribution is 2.27. The third-order valence-corrected chi connectivity index (χ3v) is 8.78. The molecule has 1 N–H and O–H groups in total. The van der Waals surface area contributed by atoms with Crippen LogP contribution in [0.5, 0.6) is 0 Å². The molecule has 0 aromatic heterocycles. The van der Waals surface area contributed by atoms with Gasteiger partial charge in [0.2, 0.25) is 11.8 Å². The molecular formula is C32H31ClFN3O4S. The SMILES string of the molecule is CNC(=O)C(Cc1ccccc1)N(Cc1cccc(Cl)c1)C(=O)CN(c1ccccc1F)S(=O)(=O)c1ccc(C)cc1. The molecule has 0 aliphatic carbocycles. The molecule has 2 amide bonds. The Bertz CT molecular complexity index is 1650. The average Bonchev–Trinajstić information content (AvgIpc) is 2.98. The fourth-order valence-electron chi connectivity index (χ4n) is 4.56. The highest BCUT2D eigenvalue weighted by Gasteiger charge is 2.35. The molecule has 4 aromatic rings. The second-order valence-electron chi connectivity index (χ2n) is 9.75. The zero-order chi connectivity index (χ0) is 30.3. The minimum absolute atomic E-state index is 0.0417. The maximum atomic E-state index is 15.1. The van der Waals surface area contributed by atoms with Crippen LogP contribution >= 0.6 is 11.6 Å². The number of nitrogens with zero attached hydrogens (tertiary/aromatic N) is 2. The van der Waals surface area contributed by atoms with Crippen LogP contribution in [0.4, 0.5) is 10.1 Å². The van der Waals surface area contributed by atoms with Crippen LogP contribution in [-0.4, -0.2) is 44.8 Å².